The molecule has 2 aromatic rings. The minimum atomic E-state index is -4.35. The van der Waals surface area contributed by atoms with Crippen molar-refractivity contribution in [1.29, 1.82) is 0 Å². The van der Waals surface area contributed by atoms with E-state index in [2.05, 4.69) is 10.00 Å². The Morgan fingerprint density at radius 2 is 1.94 bits per heavy atom. The van der Waals surface area contributed by atoms with Gasteiger partial charge in [-0.1, -0.05) is 18.2 Å². The van der Waals surface area contributed by atoms with E-state index in [0.29, 0.717) is 30.9 Å². The lowest BCUT2D eigenvalue weighted by molar-refractivity contribution is -0.137. The normalized spacial score (nSPS) is 21.5. The van der Waals surface area contributed by atoms with Crippen LogP contribution >= 0.6 is 0 Å². The molecule has 1 aromatic carbocycles. The van der Waals surface area contributed by atoms with Gasteiger partial charge in [-0.15, -0.1) is 0 Å². The minimum absolute atomic E-state index is 0.0521. The van der Waals surface area contributed by atoms with E-state index in [4.69, 9.17) is 0 Å². The lowest BCUT2D eigenvalue weighted by Gasteiger charge is -2.25. The zero-order chi connectivity index (χ0) is 23.1. The Hall–Kier alpha value is -2.88. The van der Waals surface area contributed by atoms with Crippen LogP contribution in [-0.4, -0.2) is 64.7 Å². The number of alkyl halides is 3. The molecule has 2 amide bonds. The summed E-state index contributed by atoms with van der Waals surface area (Å²) >= 11 is 0. The van der Waals surface area contributed by atoms with Crippen LogP contribution < -0.4 is 4.90 Å². The summed E-state index contributed by atoms with van der Waals surface area (Å²) in [5.74, 6) is -0.149. The number of likely N-dealkylation sites (tertiary alicyclic amines) is 2. The summed E-state index contributed by atoms with van der Waals surface area (Å²) in [6.07, 6.45) is 0.424. The summed E-state index contributed by atoms with van der Waals surface area (Å²) in [6.45, 7) is 4.61. The lowest BCUT2D eigenvalue weighted by Crippen LogP contribution is -2.36. The second-order valence-corrected chi connectivity index (χ2v) is 8.83. The van der Waals surface area contributed by atoms with Gasteiger partial charge in [0.25, 0.3) is 0 Å². The van der Waals surface area contributed by atoms with Crippen LogP contribution in [0.4, 0.5) is 23.7 Å². The average Bonchev–Trinajstić information content (AvgIpc) is 3.47. The SMILES string of the molecule is CC(=O)N(C)c1cnn(C(=O)N2CC[C@@]3(CCN(Cc4cccc(C(F)(F)F)c4)C3)C2)c1. The number of carbonyl (C=O) groups excluding carboxylic acids is 2. The lowest BCUT2D eigenvalue weighted by atomic mass is 9.86. The van der Waals surface area contributed by atoms with Crippen molar-refractivity contribution in [3.8, 4) is 0 Å². The van der Waals surface area contributed by atoms with Gasteiger partial charge in [0.2, 0.25) is 5.91 Å². The molecule has 2 aliphatic heterocycles. The van der Waals surface area contributed by atoms with Crippen molar-refractivity contribution in [2.24, 2.45) is 5.41 Å². The first-order valence-corrected chi connectivity index (χ1v) is 10.5. The molecule has 2 saturated heterocycles. The molecule has 0 unspecified atom stereocenters. The molecule has 1 spiro atoms. The van der Waals surface area contributed by atoms with Gasteiger partial charge in [0.15, 0.2) is 0 Å². The maximum absolute atomic E-state index is 13.0. The molecular formula is C22H26F3N5O2. The van der Waals surface area contributed by atoms with Gasteiger partial charge >= 0.3 is 12.2 Å². The van der Waals surface area contributed by atoms with E-state index in [9.17, 15) is 22.8 Å². The molecule has 3 heterocycles. The highest BCUT2D eigenvalue weighted by Gasteiger charge is 2.45. The number of amides is 2. The quantitative estimate of drug-likeness (QED) is 0.720. The Kier molecular flexibility index (Phi) is 5.74. The first-order valence-electron chi connectivity index (χ1n) is 10.5. The van der Waals surface area contributed by atoms with Crippen molar-refractivity contribution in [2.75, 3.05) is 38.1 Å². The van der Waals surface area contributed by atoms with Crippen LogP contribution in [0.15, 0.2) is 36.7 Å². The number of nitrogens with zero attached hydrogens (tertiary/aromatic N) is 5. The van der Waals surface area contributed by atoms with Gasteiger partial charge < -0.3 is 9.80 Å². The van der Waals surface area contributed by atoms with Crippen LogP contribution in [0.1, 0.15) is 30.9 Å². The number of hydrogen-bond donors (Lipinski definition) is 0. The van der Waals surface area contributed by atoms with Crippen LogP contribution in [0.5, 0.6) is 0 Å². The van der Waals surface area contributed by atoms with Crippen LogP contribution in [0, 0.1) is 5.41 Å². The fourth-order valence-corrected chi connectivity index (χ4v) is 4.62. The zero-order valence-electron chi connectivity index (χ0n) is 18.1. The van der Waals surface area contributed by atoms with E-state index in [1.807, 2.05) is 0 Å². The number of aromatic nitrogens is 2. The molecule has 32 heavy (non-hydrogen) atoms. The van der Waals surface area contributed by atoms with Gasteiger partial charge in [-0.25, -0.2) is 4.79 Å². The van der Waals surface area contributed by atoms with Crippen LogP contribution in [-0.2, 0) is 17.5 Å². The molecule has 4 rings (SSSR count). The summed E-state index contributed by atoms with van der Waals surface area (Å²) in [7, 11) is 1.62. The number of halogens is 3. The van der Waals surface area contributed by atoms with Crippen molar-refractivity contribution in [3.63, 3.8) is 0 Å². The topological polar surface area (TPSA) is 61.7 Å². The molecule has 0 N–H and O–H groups in total. The predicted octanol–water partition coefficient (Wildman–Crippen LogP) is 3.45. The van der Waals surface area contributed by atoms with E-state index in [0.717, 1.165) is 32.0 Å². The second-order valence-electron chi connectivity index (χ2n) is 8.83. The number of anilines is 1. The van der Waals surface area contributed by atoms with Gasteiger partial charge in [-0.05, 0) is 31.0 Å². The molecule has 1 atom stereocenters. The fourth-order valence-electron chi connectivity index (χ4n) is 4.62. The number of benzene rings is 1. The highest BCUT2D eigenvalue weighted by molar-refractivity contribution is 5.91. The van der Waals surface area contributed by atoms with Crippen LogP contribution in [0.25, 0.3) is 0 Å². The average molecular weight is 449 g/mol. The standard InChI is InChI=1S/C22H26F3N5O2/c1-16(31)27(2)19-11-26-30(13-19)20(32)29-9-7-21(15-29)6-8-28(14-21)12-17-4-3-5-18(10-17)22(23,24)25/h3-5,10-11,13H,6-9,12,14-15H2,1-2H3/t21-/m1/s1. The molecule has 2 fully saturated rings. The summed E-state index contributed by atoms with van der Waals surface area (Å²) in [6, 6.07) is 5.23. The number of carbonyl (C=O) groups is 2. The zero-order valence-corrected chi connectivity index (χ0v) is 18.1. The third kappa shape index (κ3) is 4.50. The largest absolute Gasteiger partial charge is 0.416 e. The number of hydrogen-bond acceptors (Lipinski definition) is 4. The van der Waals surface area contributed by atoms with Crippen LogP contribution in [0.3, 0.4) is 0 Å². The van der Waals surface area contributed by atoms with E-state index >= 15 is 0 Å². The number of rotatable bonds is 3. The maximum atomic E-state index is 13.0. The molecule has 0 radical (unpaired) electrons. The van der Waals surface area contributed by atoms with E-state index in [-0.39, 0.29) is 17.4 Å². The highest BCUT2D eigenvalue weighted by atomic mass is 19.4. The summed E-state index contributed by atoms with van der Waals surface area (Å²) in [5, 5.41) is 4.11. The third-order valence-corrected chi connectivity index (χ3v) is 6.51. The van der Waals surface area contributed by atoms with E-state index < -0.39 is 11.7 Å². The van der Waals surface area contributed by atoms with Crippen molar-refractivity contribution >= 4 is 17.6 Å². The van der Waals surface area contributed by atoms with Crippen molar-refractivity contribution in [2.45, 2.75) is 32.5 Å². The second kappa shape index (κ2) is 8.23. The smallest absolute Gasteiger partial charge is 0.322 e. The van der Waals surface area contributed by atoms with Crippen molar-refractivity contribution in [1.82, 2.24) is 19.6 Å². The minimum Gasteiger partial charge on any atom is -0.322 e. The molecule has 7 nitrogen and oxygen atoms in total. The Labute approximate surface area is 184 Å². The monoisotopic (exact) mass is 449 g/mol. The van der Waals surface area contributed by atoms with Crippen LogP contribution in [0.2, 0.25) is 0 Å². The fraction of sp³-hybridized carbons (Fsp3) is 0.500. The molecule has 0 bridgehead atoms. The molecule has 172 valence electrons. The first kappa shape index (κ1) is 22.3. The van der Waals surface area contributed by atoms with Gasteiger partial charge in [-0.3, -0.25) is 9.69 Å². The predicted molar refractivity (Wildman–Crippen MR) is 112 cm³/mol. The third-order valence-electron chi connectivity index (χ3n) is 6.51. The first-order chi connectivity index (χ1) is 15.1. The maximum Gasteiger partial charge on any atom is 0.416 e. The molecule has 10 heteroatoms. The molecule has 1 aromatic heterocycles. The van der Waals surface area contributed by atoms with Gasteiger partial charge in [-0.2, -0.15) is 23.0 Å². The van der Waals surface area contributed by atoms with Gasteiger partial charge in [0, 0.05) is 45.6 Å². The summed E-state index contributed by atoms with van der Waals surface area (Å²) < 4.78 is 40.2. The summed E-state index contributed by atoms with van der Waals surface area (Å²) in [4.78, 5) is 29.8. The van der Waals surface area contributed by atoms with Crippen molar-refractivity contribution < 1.29 is 22.8 Å². The molecule has 0 aliphatic carbocycles. The van der Waals surface area contributed by atoms with E-state index in [1.165, 1.54) is 34.8 Å². The Bertz CT molecular complexity index is 1020. The Morgan fingerprint density at radius 3 is 2.66 bits per heavy atom. The summed E-state index contributed by atoms with van der Waals surface area (Å²) in [5.41, 5.74) is 0.508. The van der Waals surface area contributed by atoms with Gasteiger partial charge in [0.05, 0.1) is 23.6 Å². The Balaban J connectivity index is 1.37. The molecule has 0 saturated carbocycles. The highest BCUT2D eigenvalue weighted by Crippen LogP contribution is 2.40. The van der Waals surface area contributed by atoms with Gasteiger partial charge in [0.1, 0.15) is 0 Å². The molecular weight excluding hydrogens is 423 g/mol. The van der Waals surface area contributed by atoms with E-state index in [1.54, 1.807) is 24.2 Å². The van der Waals surface area contributed by atoms with Crippen molar-refractivity contribution in [3.05, 3.63) is 47.8 Å². The Morgan fingerprint density at radius 1 is 1.19 bits per heavy atom. The molecule has 2 aliphatic rings.